The van der Waals surface area contributed by atoms with Crippen LogP contribution in [0.2, 0.25) is 0 Å². The molecule has 0 atom stereocenters. The molecule has 7 heteroatoms. The Kier molecular flexibility index (Phi) is 4.29. The molecule has 2 N–H and O–H groups in total. The molecule has 2 heterocycles. The molecule has 0 spiro atoms. The zero-order valence-electron chi connectivity index (χ0n) is 14.3. The topological polar surface area (TPSA) is 77.6 Å². The van der Waals surface area contributed by atoms with E-state index in [0.717, 1.165) is 17.2 Å². The summed E-state index contributed by atoms with van der Waals surface area (Å²) < 4.78 is 23.5. The fourth-order valence-corrected chi connectivity index (χ4v) is 4.43. The number of aromatic nitrogens is 1. The summed E-state index contributed by atoms with van der Waals surface area (Å²) in [5.74, 6) is 0.893. The second-order valence-corrected chi connectivity index (χ2v) is 9.53. The van der Waals surface area contributed by atoms with E-state index in [0.29, 0.717) is 19.6 Å². The molecule has 1 aliphatic rings. The van der Waals surface area contributed by atoms with Crippen LogP contribution in [0, 0.1) is 0 Å². The van der Waals surface area contributed by atoms with Crippen LogP contribution < -0.4 is 5.32 Å². The molecular weight excluding hydrogens is 324 g/mol. The van der Waals surface area contributed by atoms with Crippen molar-refractivity contribution in [3.05, 3.63) is 36.0 Å². The standard InChI is InChI=1S/C17H24N4O2S/c1-17(2)12-21(8-9-24(17,22)23)16(18-3)19-11-14-10-13-6-4-5-7-15(13)20-14/h4-7,10,20H,8-9,11-12H2,1-3H3,(H,18,19). The molecule has 1 fully saturated rings. The van der Waals surface area contributed by atoms with Gasteiger partial charge in [-0.2, -0.15) is 0 Å². The van der Waals surface area contributed by atoms with Crippen LogP contribution >= 0.6 is 0 Å². The number of fused-ring (bicyclic) bond motifs is 1. The van der Waals surface area contributed by atoms with Crippen LogP contribution in [0.15, 0.2) is 35.3 Å². The van der Waals surface area contributed by atoms with Crippen molar-refractivity contribution in [2.75, 3.05) is 25.9 Å². The fraction of sp³-hybridized carbons (Fsp3) is 0.471. The van der Waals surface area contributed by atoms with E-state index in [2.05, 4.69) is 27.4 Å². The van der Waals surface area contributed by atoms with Gasteiger partial charge >= 0.3 is 0 Å². The lowest BCUT2D eigenvalue weighted by Gasteiger charge is -2.39. The molecular formula is C17H24N4O2S. The molecule has 1 saturated heterocycles. The minimum absolute atomic E-state index is 0.160. The monoisotopic (exact) mass is 348 g/mol. The third kappa shape index (κ3) is 3.13. The van der Waals surface area contributed by atoms with E-state index in [1.807, 2.05) is 23.1 Å². The van der Waals surface area contributed by atoms with E-state index in [4.69, 9.17) is 0 Å². The van der Waals surface area contributed by atoms with Crippen LogP contribution in [0.1, 0.15) is 19.5 Å². The zero-order valence-corrected chi connectivity index (χ0v) is 15.2. The lowest BCUT2D eigenvalue weighted by molar-refractivity contribution is 0.353. The first-order chi connectivity index (χ1) is 11.3. The third-order valence-electron chi connectivity index (χ3n) is 4.58. The number of hydrogen-bond donors (Lipinski definition) is 2. The smallest absolute Gasteiger partial charge is 0.194 e. The minimum Gasteiger partial charge on any atom is -0.357 e. The Morgan fingerprint density at radius 1 is 1.38 bits per heavy atom. The fourth-order valence-electron chi connectivity index (χ4n) is 3.06. The number of sulfone groups is 1. The van der Waals surface area contributed by atoms with E-state index in [-0.39, 0.29) is 5.75 Å². The summed E-state index contributed by atoms with van der Waals surface area (Å²) in [6.07, 6.45) is 0. The number of aromatic amines is 1. The SMILES string of the molecule is CN=C(NCc1cc2ccccc2[nH]1)N1CCS(=O)(=O)C(C)(C)C1. The molecule has 24 heavy (non-hydrogen) atoms. The lowest BCUT2D eigenvalue weighted by Crippen LogP contribution is -2.57. The number of aliphatic imine (C=N–C) groups is 1. The van der Waals surface area contributed by atoms with Gasteiger partial charge in [0.1, 0.15) is 0 Å². The summed E-state index contributed by atoms with van der Waals surface area (Å²) in [5, 5.41) is 4.51. The summed E-state index contributed by atoms with van der Waals surface area (Å²) in [6.45, 7) is 5.09. The van der Waals surface area contributed by atoms with Gasteiger partial charge in [0.2, 0.25) is 0 Å². The van der Waals surface area contributed by atoms with E-state index < -0.39 is 14.6 Å². The van der Waals surface area contributed by atoms with E-state index in [9.17, 15) is 8.42 Å². The first-order valence-electron chi connectivity index (χ1n) is 8.07. The number of para-hydroxylation sites is 1. The van der Waals surface area contributed by atoms with Crippen molar-refractivity contribution in [3.8, 4) is 0 Å². The Hall–Kier alpha value is -2.02. The zero-order chi connectivity index (χ0) is 17.4. The van der Waals surface area contributed by atoms with Crippen molar-refractivity contribution in [3.63, 3.8) is 0 Å². The molecule has 0 radical (unpaired) electrons. The van der Waals surface area contributed by atoms with Gasteiger partial charge in [0.25, 0.3) is 0 Å². The van der Waals surface area contributed by atoms with Crippen LogP contribution in [0.4, 0.5) is 0 Å². The quantitative estimate of drug-likeness (QED) is 0.640. The minimum atomic E-state index is -3.05. The molecule has 0 saturated carbocycles. The molecule has 0 unspecified atom stereocenters. The number of benzene rings is 1. The van der Waals surface area contributed by atoms with Crippen LogP contribution in [-0.2, 0) is 16.4 Å². The van der Waals surface area contributed by atoms with Crippen molar-refractivity contribution >= 4 is 26.7 Å². The van der Waals surface area contributed by atoms with Gasteiger partial charge in [-0.1, -0.05) is 18.2 Å². The molecule has 0 bridgehead atoms. The summed E-state index contributed by atoms with van der Waals surface area (Å²) in [7, 11) is -1.32. The summed E-state index contributed by atoms with van der Waals surface area (Å²) in [5.41, 5.74) is 2.18. The van der Waals surface area contributed by atoms with Gasteiger partial charge in [-0.05, 0) is 31.4 Å². The molecule has 0 amide bonds. The van der Waals surface area contributed by atoms with Crippen LogP contribution in [0.25, 0.3) is 10.9 Å². The first kappa shape index (κ1) is 16.8. The van der Waals surface area contributed by atoms with Gasteiger partial charge in [-0.3, -0.25) is 4.99 Å². The lowest BCUT2D eigenvalue weighted by atomic mass is 10.2. The van der Waals surface area contributed by atoms with Crippen LogP contribution in [0.5, 0.6) is 0 Å². The molecule has 1 aliphatic heterocycles. The molecule has 6 nitrogen and oxygen atoms in total. The maximum absolute atomic E-state index is 12.1. The average molecular weight is 348 g/mol. The third-order valence-corrected chi connectivity index (χ3v) is 7.11. The van der Waals surface area contributed by atoms with E-state index >= 15 is 0 Å². The normalized spacial score (nSPS) is 20.3. The average Bonchev–Trinajstić information content (AvgIpc) is 2.94. The maximum Gasteiger partial charge on any atom is 0.194 e. The molecule has 2 aromatic rings. The van der Waals surface area contributed by atoms with Gasteiger partial charge in [0.15, 0.2) is 15.8 Å². The van der Waals surface area contributed by atoms with Gasteiger partial charge in [-0.25, -0.2) is 8.42 Å². The highest BCUT2D eigenvalue weighted by Gasteiger charge is 2.40. The number of nitrogens with one attached hydrogen (secondary N) is 2. The Bertz CT molecular complexity index is 835. The van der Waals surface area contributed by atoms with Crippen LogP contribution in [0.3, 0.4) is 0 Å². The Balaban J connectivity index is 1.69. The molecule has 0 aliphatic carbocycles. The second-order valence-electron chi connectivity index (χ2n) is 6.78. The number of guanidine groups is 1. The van der Waals surface area contributed by atoms with Crippen molar-refractivity contribution in [2.24, 2.45) is 4.99 Å². The first-order valence-corrected chi connectivity index (χ1v) is 9.72. The van der Waals surface area contributed by atoms with Crippen molar-refractivity contribution in [1.29, 1.82) is 0 Å². The predicted octanol–water partition coefficient (Wildman–Crippen LogP) is 1.75. The van der Waals surface area contributed by atoms with E-state index in [1.165, 1.54) is 5.39 Å². The molecule has 1 aromatic carbocycles. The van der Waals surface area contributed by atoms with Crippen LogP contribution in [-0.4, -0.2) is 54.9 Å². The van der Waals surface area contributed by atoms with Gasteiger partial charge in [0, 0.05) is 31.3 Å². The summed E-state index contributed by atoms with van der Waals surface area (Å²) in [4.78, 5) is 9.71. The largest absolute Gasteiger partial charge is 0.357 e. The molecule has 3 rings (SSSR count). The number of H-pyrrole nitrogens is 1. The maximum atomic E-state index is 12.1. The summed E-state index contributed by atoms with van der Waals surface area (Å²) in [6, 6.07) is 10.3. The summed E-state index contributed by atoms with van der Waals surface area (Å²) >= 11 is 0. The van der Waals surface area contributed by atoms with Gasteiger partial charge in [-0.15, -0.1) is 0 Å². The van der Waals surface area contributed by atoms with Crippen molar-refractivity contribution in [2.45, 2.75) is 25.1 Å². The number of hydrogen-bond acceptors (Lipinski definition) is 3. The highest BCUT2D eigenvalue weighted by Crippen LogP contribution is 2.23. The van der Waals surface area contributed by atoms with Gasteiger partial charge in [0.05, 0.1) is 17.0 Å². The Morgan fingerprint density at radius 3 is 2.79 bits per heavy atom. The van der Waals surface area contributed by atoms with E-state index in [1.54, 1.807) is 20.9 Å². The van der Waals surface area contributed by atoms with Gasteiger partial charge < -0.3 is 15.2 Å². The Morgan fingerprint density at radius 2 is 2.12 bits per heavy atom. The molecule has 1 aromatic heterocycles. The highest BCUT2D eigenvalue weighted by molar-refractivity contribution is 7.92. The second kappa shape index (κ2) is 6.12. The van der Waals surface area contributed by atoms with Crippen molar-refractivity contribution < 1.29 is 8.42 Å². The van der Waals surface area contributed by atoms with Crippen molar-refractivity contribution in [1.82, 2.24) is 15.2 Å². The Labute approximate surface area is 142 Å². The number of rotatable bonds is 2. The highest BCUT2D eigenvalue weighted by atomic mass is 32.2. The molecule has 130 valence electrons. The predicted molar refractivity (Wildman–Crippen MR) is 97.9 cm³/mol. The number of nitrogens with zero attached hydrogens (tertiary/aromatic N) is 2.